The summed E-state index contributed by atoms with van der Waals surface area (Å²) in [6.45, 7) is 0. The molecule has 0 aliphatic heterocycles. The molecule has 4 aromatic carbocycles. The molecule has 4 aromatic rings. The third-order valence-corrected chi connectivity index (χ3v) is 5.39. The zero-order chi connectivity index (χ0) is 25.2. The molecule has 0 bridgehead atoms. The second kappa shape index (κ2) is 11.7. The lowest BCUT2D eigenvalue weighted by atomic mass is 9.93. The molecule has 0 spiro atoms. The molecule has 0 N–H and O–H groups in total. The Labute approximate surface area is 207 Å². The van der Waals surface area contributed by atoms with Crippen LogP contribution in [0, 0.1) is 0 Å². The summed E-state index contributed by atoms with van der Waals surface area (Å²) in [7, 11) is 0. The smallest absolute Gasteiger partial charge is 0.194 e. The fourth-order valence-corrected chi connectivity index (χ4v) is 3.66. The van der Waals surface area contributed by atoms with Gasteiger partial charge in [0.1, 0.15) is 0 Å². The second-order valence-electron chi connectivity index (χ2n) is 7.74. The molecular formula is C29H20N6O. The predicted molar refractivity (Wildman–Crippen MR) is 145 cm³/mol. The Morgan fingerprint density at radius 2 is 1.00 bits per heavy atom. The summed E-state index contributed by atoms with van der Waals surface area (Å²) in [5, 5.41) is 7.37. The molecule has 0 aromatic heterocycles. The predicted octanol–water partition coefficient (Wildman–Crippen LogP) is 9.14. The van der Waals surface area contributed by atoms with Crippen molar-refractivity contribution in [2.45, 2.75) is 0 Å². The van der Waals surface area contributed by atoms with Crippen LogP contribution in [0.15, 0.2) is 107 Å². The molecule has 0 unspecified atom stereocenters. The molecule has 0 saturated heterocycles. The molecule has 4 rings (SSSR count). The van der Waals surface area contributed by atoms with Crippen LogP contribution >= 0.6 is 0 Å². The molecule has 0 heterocycles. The Morgan fingerprint density at radius 1 is 0.583 bits per heavy atom. The normalized spacial score (nSPS) is 10.7. The van der Waals surface area contributed by atoms with Gasteiger partial charge in [-0.1, -0.05) is 107 Å². The number of azide groups is 2. The van der Waals surface area contributed by atoms with E-state index in [2.05, 4.69) is 20.1 Å². The SMILES string of the molecule is [N-]=[N+]=Nc1ccc(C(=O)c2ccc(N=[N+]=[N-])cc2C=Cc2ccccc2)c(C=Cc2ccccc2)c1. The molecule has 0 radical (unpaired) electrons. The summed E-state index contributed by atoms with van der Waals surface area (Å²) < 4.78 is 0. The zero-order valence-electron chi connectivity index (χ0n) is 19.1. The van der Waals surface area contributed by atoms with E-state index < -0.39 is 0 Å². The van der Waals surface area contributed by atoms with E-state index >= 15 is 0 Å². The monoisotopic (exact) mass is 468 g/mol. The van der Waals surface area contributed by atoms with Crippen molar-refractivity contribution >= 4 is 41.5 Å². The standard InChI is InChI=1S/C29H20N6O/c30-34-32-25-15-17-27(23(19-25)13-11-21-7-3-1-4-8-21)29(36)28-18-16-26(33-35-31)20-24(28)14-12-22-9-5-2-6-10-22/h1-20H. The highest BCUT2D eigenvalue weighted by atomic mass is 16.1. The van der Waals surface area contributed by atoms with Crippen LogP contribution in [-0.4, -0.2) is 5.78 Å². The van der Waals surface area contributed by atoms with Gasteiger partial charge in [0, 0.05) is 32.3 Å². The number of carbonyl (C=O) groups excluding carboxylic acids is 1. The van der Waals surface area contributed by atoms with Crippen LogP contribution in [-0.2, 0) is 0 Å². The first-order valence-corrected chi connectivity index (χ1v) is 11.1. The molecule has 0 amide bonds. The lowest BCUT2D eigenvalue weighted by Gasteiger charge is -2.10. The van der Waals surface area contributed by atoms with Crippen molar-refractivity contribution in [3.05, 3.63) is 151 Å². The third-order valence-electron chi connectivity index (χ3n) is 5.39. The Kier molecular flexibility index (Phi) is 7.72. The van der Waals surface area contributed by atoms with Gasteiger partial charge in [-0.25, -0.2) is 0 Å². The molecule has 0 saturated carbocycles. The van der Waals surface area contributed by atoms with Gasteiger partial charge in [0.25, 0.3) is 0 Å². The van der Waals surface area contributed by atoms with E-state index in [1.54, 1.807) is 36.4 Å². The van der Waals surface area contributed by atoms with Crippen molar-refractivity contribution in [3.63, 3.8) is 0 Å². The van der Waals surface area contributed by atoms with Crippen molar-refractivity contribution in [1.29, 1.82) is 0 Å². The van der Waals surface area contributed by atoms with Gasteiger partial charge in [-0.2, -0.15) is 0 Å². The van der Waals surface area contributed by atoms with E-state index in [0.29, 0.717) is 33.6 Å². The summed E-state index contributed by atoms with van der Waals surface area (Å²) in [4.78, 5) is 19.5. The molecule has 7 heteroatoms. The van der Waals surface area contributed by atoms with Crippen LogP contribution in [0.3, 0.4) is 0 Å². The maximum absolute atomic E-state index is 13.8. The lowest BCUT2D eigenvalue weighted by molar-refractivity contribution is 0.103. The van der Waals surface area contributed by atoms with Gasteiger partial charge in [0.15, 0.2) is 5.78 Å². The van der Waals surface area contributed by atoms with Crippen LogP contribution in [0.25, 0.3) is 45.2 Å². The second-order valence-corrected chi connectivity index (χ2v) is 7.74. The van der Waals surface area contributed by atoms with Crippen molar-refractivity contribution < 1.29 is 4.79 Å². The number of rotatable bonds is 8. The average molecular weight is 469 g/mol. The maximum atomic E-state index is 13.8. The highest BCUT2D eigenvalue weighted by Crippen LogP contribution is 2.27. The maximum Gasteiger partial charge on any atom is 0.194 e. The molecule has 0 fully saturated rings. The Balaban J connectivity index is 1.80. The van der Waals surface area contributed by atoms with E-state index in [0.717, 1.165) is 11.1 Å². The van der Waals surface area contributed by atoms with Gasteiger partial charge in [0.2, 0.25) is 0 Å². The van der Waals surface area contributed by atoms with Gasteiger partial charge < -0.3 is 0 Å². The highest BCUT2D eigenvalue weighted by Gasteiger charge is 2.16. The molecule has 7 nitrogen and oxygen atoms in total. The topological polar surface area (TPSA) is 115 Å². The first-order valence-electron chi connectivity index (χ1n) is 11.1. The van der Waals surface area contributed by atoms with E-state index in [9.17, 15) is 4.79 Å². The van der Waals surface area contributed by atoms with E-state index in [1.165, 1.54) is 0 Å². The van der Waals surface area contributed by atoms with E-state index in [-0.39, 0.29) is 5.78 Å². The lowest BCUT2D eigenvalue weighted by Crippen LogP contribution is -2.05. The minimum absolute atomic E-state index is 0.213. The number of ketones is 1. The number of nitrogens with zero attached hydrogens (tertiary/aromatic N) is 6. The zero-order valence-corrected chi connectivity index (χ0v) is 19.1. The van der Waals surface area contributed by atoms with Crippen LogP contribution in [0.5, 0.6) is 0 Å². The van der Waals surface area contributed by atoms with Crippen molar-refractivity contribution in [2.24, 2.45) is 10.2 Å². The van der Waals surface area contributed by atoms with Crippen LogP contribution in [0.4, 0.5) is 11.4 Å². The average Bonchev–Trinajstić information content (AvgIpc) is 2.92. The van der Waals surface area contributed by atoms with Crippen molar-refractivity contribution in [1.82, 2.24) is 0 Å². The first kappa shape index (κ1) is 23.8. The molecule has 0 aliphatic rings. The minimum Gasteiger partial charge on any atom is -0.289 e. The van der Waals surface area contributed by atoms with Gasteiger partial charge in [-0.15, -0.1) is 0 Å². The Bertz CT molecular complexity index is 1430. The number of hydrogen-bond donors (Lipinski definition) is 0. The largest absolute Gasteiger partial charge is 0.289 e. The summed E-state index contributed by atoms with van der Waals surface area (Å²) in [6.07, 6.45) is 7.44. The van der Waals surface area contributed by atoms with Gasteiger partial charge >= 0.3 is 0 Å². The summed E-state index contributed by atoms with van der Waals surface area (Å²) in [6, 6.07) is 29.3. The fraction of sp³-hybridized carbons (Fsp3) is 0. The number of hydrogen-bond acceptors (Lipinski definition) is 3. The Morgan fingerprint density at radius 3 is 1.39 bits per heavy atom. The van der Waals surface area contributed by atoms with Crippen molar-refractivity contribution in [3.8, 4) is 0 Å². The summed E-state index contributed by atoms with van der Waals surface area (Å²) >= 11 is 0. The van der Waals surface area contributed by atoms with Crippen LogP contribution < -0.4 is 0 Å². The fourth-order valence-electron chi connectivity index (χ4n) is 3.66. The highest BCUT2D eigenvalue weighted by molar-refractivity contribution is 6.13. The third kappa shape index (κ3) is 5.95. The van der Waals surface area contributed by atoms with Crippen LogP contribution in [0.2, 0.25) is 0 Å². The van der Waals surface area contributed by atoms with Crippen molar-refractivity contribution in [2.75, 3.05) is 0 Å². The summed E-state index contributed by atoms with van der Waals surface area (Å²) in [5.74, 6) is -0.213. The van der Waals surface area contributed by atoms with Crippen LogP contribution in [0.1, 0.15) is 38.2 Å². The van der Waals surface area contributed by atoms with E-state index in [1.807, 2.05) is 85.0 Å². The molecule has 36 heavy (non-hydrogen) atoms. The van der Waals surface area contributed by atoms with Gasteiger partial charge in [-0.05, 0) is 57.6 Å². The number of carbonyl (C=O) groups is 1. The number of benzene rings is 4. The summed E-state index contributed by atoms with van der Waals surface area (Å²) in [5.41, 5.74) is 22.6. The molecule has 172 valence electrons. The molecule has 0 aliphatic carbocycles. The quantitative estimate of drug-likeness (QED) is 0.0828. The van der Waals surface area contributed by atoms with Gasteiger partial charge in [0.05, 0.1) is 0 Å². The first-order chi connectivity index (χ1) is 17.7. The Hall–Kier alpha value is -5.35. The van der Waals surface area contributed by atoms with E-state index in [4.69, 9.17) is 11.1 Å². The molecular weight excluding hydrogens is 448 g/mol. The van der Waals surface area contributed by atoms with Gasteiger partial charge in [-0.3, -0.25) is 4.79 Å². The minimum atomic E-state index is -0.213. The molecule has 0 atom stereocenters.